The topological polar surface area (TPSA) is 79.5 Å². The minimum atomic E-state index is -0.522. The van der Waals surface area contributed by atoms with Gasteiger partial charge >= 0.3 is 0 Å². The van der Waals surface area contributed by atoms with Crippen molar-refractivity contribution in [2.24, 2.45) is 0 Å². The molecule has 0 saturated carbocycles. The molecule has 3 N–H and O–H groups in total. The predicted octanol–water partition coefficient (Wildman–Crippen LogP) is 4.37. The van der Waals surface area contributed by atoms with Crippen LogP contribution in [0.15, 0.2) is 72.8 Å². The highest BCUT2D eigenvalue weighted by Gasteiger charge is 2.11. The highest BCUT2D eigenvalue weighted by atomic mass is 35.5. The van der Waals surface area contributed by atoms with E-state index in [4.69, 9.17) is 40.2 Å². The van der Waals surface area contributed by atoms with Gasteiger partial charge in [0.15, 0.2) is 11.7 Å². The molecule has 9 heteroatoms. The SMILES string of the molecule is O=C(COc1ccc(-c2ccccc2)cc1)NNC(=S)NC(=O)c1cc(Cl)cc(Cl)c1. The first-order valence-electron chi connectivity index (χ1n) is 9.05. The Labute approximate surface area is 194 Å². The molecule has 3 aromatic carbocycles. The molecule has 158 valence electrons. The summed E-state index contributed by atoms with van der Waals surface area (Å²) >= 11 is 16.7. The van der Waals surface area contributed by atoms with Gasteiger partial charge in [-0.1, -0.05) is 65.7 Å². The monoisotopic (exact) mass is 473 g/mol. The summed E-state index contributed by atoms with van der Waals surface area (Å²) in [7, 11) is 0. The smallest absolute Gasteiger partial charge is 0.276 e. The highest BCUT2D eigenvalue weighted by molar-refractivity contribution is 7.80. The third-order valence-electron chi connectivity index (χ3n) is 4.00. The molecule has 3 rings (SSSR count). The number of hydrazine groups is 1. The Morgan fingerprint density at radius 2 is 1.45 bits per heavy atom. The van der Waals surface area contributed by atoms with E-state index in [0.717, 1.165) is 11.1 Å². The molecule has 0 unspecified atom stereocenters. The van der Waals surface area contributed by atoms with Crippen LogP contribution in [0.2, 0.25) is 10.0 Å². The number of rotatable bonds is 5. The van der Waals surface area contributed by atoms with Crippen LogP contribution in [-0.2, 0) is 4.79 Å². The first kappa shape index (κ1) is 22.6. The Morgan fingerprint density at radius 3 is 2.10 bits per heavy atom. The molecule has 0 aliphatic carbocycles. The lowest BCUT2D eigenvalue weighted by molar-refractivity contribution is -0.123. The van der Waals surface area contributed by atoms with E-state index in [2.05, 4.69) is 16.2 Å². The van der Waals surface area contributed by atoms with Crippen molar-refractivity contribution >= 4 is 52.3 Å². The van der Waals surface area contributed by atoms with Crippen LogP contribution >= 0.6 is 35.4 Å². The Kier molecular flexibility index (Phi) is 7.83. The van der Waals surface area contributed by atoms with Crippen molar-refractivity contribution in [1.82, 2.24) is 16.2 Å². The Balaban J connectivity index is 1.42. The van der Waals surface area contributed by atoms with Crippen LogP contribution in [0.25, 0.3) is 11.1 Å². The number of carbonyl (C=O) groups excluding carboxylic acids is 2. The molecule has 0 fully saturated rings. The molecule has 3 aromatic rings. The van der Waals surface area contributed by atoms with Gasteiger partial charge in [-0.3, -0.25) is 25.8 Å². The molecule has 0 aliphatic rings. The van der Waals surface area contributed by atoms with Gasteiger partial charge in [-0.05, 0) is 53.7 Å². The van der Waals surface area contributed by atoms with Crippen LogP contribution in [0.4, 0.5) is 0 Å². The molecule has 0 heterocycles. The molecule has 0 aliphatic heterocycles. The van der Waals surface area contributed by atoms with Crippen LogP contribution in [0.3, 0.4) is 0 Å². The van der Waals surface area contributed by atoms with Crippen molar-refractivity contribution < 1.29 is 14.3 Å². The summed E-state index contributed by atoms with van der Waals surface area (Å²) in [6.07, 6.45) is 0. The van der Waals surface area contributed by atoms with E-state index in [9.17, 15) is 9.59 Å². The molecule has 0 aromatic heterocycles. The highest BCUT2D eigenvalue weighted by Crippen LogP contribution is 2.22. The summed E-state index contributed by atoms with van der Waals surface area (Å²) in [4.78, 5) is 24.1. The zero-order valence-electron chi connectivity index (χ0n) is 16.0. The zero-order valence-corrected chi connectivity index (χ0v) is 18.4. The number of nitrogens with one attached hydrogen (secondary N) is 3. The molecule has 2 amide bonds. The van der Waals surface area contributed by atoms with Crippen LogP contribution in [-0.4, -0.2) is 23.5 Å². The minimum Gasteiger partial charge on any atom is -0.484 e. The first-order chi connectivity index (χ1) is 14.9. The fourth-order valence-electron chi connectivity index (χ4n) is 2.58. The van der Waals surface area contributed by atoms with E-state index in [1.807, 2.05) is 42.5 Å². The maximum Gasteiger partial charge on any atom is 0.276 e. The van der Waals surface area contributed by atoms with Crippen LogP contribution in [0.1, 0.15) is 10.4 Å². The number of thiocarbonyl (C=S) groups is 1. The van der Waals surface area contributed by atoms with Gasteiger partial charge in [-0.15, -0.1) is 0 Å². The average Bonchev–Trinajstić information content (AvgIpc) is 2.76. The molecule has 0 saturated heterocycles. The summed E-state index contributed by atoms with van der Waals surface area (Å²) in [5, 5.41) is 2.95. The van der Waals surface area contributed by atoms with Crippen molar-refractivity contribution in [2.75, 3.05) is 6.61 Å². The molecule has 6 nitrogen and oxygen atoms in total. The van der Waals surface area contributed by atoms with Crippen molar-refractivity contribution in [3.63, 3.8) is 0 Å². The Bertz CT molecular complexity index is 1070. The van der Waals surface area contributed by atoms with Gasteiger partial charge in [-0.2, -0.15) is 0 Å². The second-order valence-electron chi connectivity index (χ2n) is 6.29. The third-order valence-corrected chi connectivity index (χ3v) is 4.64. The number of ether oxygens (including phenoxy) is 1. The van der Waals surface area contributed by atoms with Gasteiger partial charge in [0.1, 0.15) is 5.75 Å². The van der Waals surface area contributed by atoms with Crippen molar-refractivity contribution in [1.29, 1.82) is 0 Å². The van der Waals surface area contributed by atoms with Crippen LogP contribution < -0.4 is 20.9 Å². The van der Waals surface area contributed by atoms with Crippen molar-refractivity contribution in [2.45, 2.75) is 0 Å². The fourth-order valence-corrected chi connectivity index (χ4v) is 3.25. The number of carbonyl (C=O) groups is 2. The fraction of sp³-hybridized carbons (Fsp3) is 0.0455. The standard InChI is InChI=1S/C22H17Cl2N3O3S/c23-17-10-16(11-18(24)12-17)21(29)25-22(31)27-26-20(28)13-30-19-8-6-15(7-9-19)14-4-2-1-3-5-14/h1-12H,13H2,(H,26,28)(H2,25,27,29,31). The summed E-state index contributed by atoms with van der Waals surface area (Å²) in [5.74, 6) is -0.455. The van der Waals surface area contributed by atoms with E-state index in [1.165, 1.54) is 18.2 Å². The van der Waals surface area contributed by atoms with Crippen LogP contribution in [0.5, 0.6) is 5.75 Å². The van der Waals surface area contributed by atoms with Crippen molar-refractivity contribution in [3.8, 4) is 16.9 Å². The summed E-state index contributed by atoms with van der Waals surface area (Å²) in [5.41, 5.74) is 7.14. The van der Waals surface area contributed by atoms with Gasteiger partial charge in [-0.25, -0.2) is 0 Å². The van der Waals surface area contributed by atoms with E-state index in [0.29, 0.717) is 15.8 Å². The van der Waals surface area contributed by atoms with Gasteiger partial charge in [0, 0.05) is 15.6 Å². The molecular weight excluding hydrogens is 457 g/mol. The lowest BCUT2D eigenvalue weighted by Crippen LogP contribution is -2.49. The first-order valence-corrected chi connectivity index (χ1v) is 10.2. The number of amides is 2. The second-order valence-corrected chi connectivity index (χ2v) is 7.57. The third kappa shape index (κ3) is 6.96. The number of benzene rings is 3. The maximum absolute atomic E-state index is 12.2. The lowest BCUT2D eigenvalue weighted by Gasteiger charge is -2.12. The molecule has 0 spiro atoms. The number of hydrogen-bond donors (Lipinski definition) is 3. The molecule has 0 bridgehead atoms. The largest absolute Gasteiger partial charge is 0.484 e. The van der Waals surface area contributed by atoms with E-state index < -0.39 is 11.8 Å². The summed E-state index contributed by atoms with van der Waals surface area (Å²) < 4.78 is 5.46. The Hall–Kier alpha value is -3.13. The van der Waals surface area contributed by atoms with E-state index in [-0.39, 0.29) is 17.3 Å². The van der Waals surface area contributed by atoms with E-state index >= 15 is 0 Å². The predicted molar refractivity (Wildman–Crippen MR) is 125 cm³/mol. The average molecular weight is 474 g/mol. The van der Waals surface area contributed by atoms with Gasteiger partial charge in [0.25, 0.3) is 11.8 Å². The van der Waals surface area contributed by atoms with Gasteiger partial charge in [0.05, 0.1) is 0 Å². The second kappa shape index (κ2) is 10.8. The number of hydrogen-bond acceptors (Lipinski definition) is 4. The van der Waals surface area contributed by atoms with Crippen LogP contribution in [0, 0.1) is 0 Å². The Morgan fingerprint density at radius 1 is 0.839 bits per heavy atom. The molecule has 0 radical (unpaired) electrons. The zero-order chi connectivity index (χ0) is 22.2. The molecule has 0 atom stereocenters. The summed E-state index contributed by atoms with van der Waals surface area (Å²) in [6, 6.07) is 21.7. The minimum absolute atomic E-state index is 0.0957. The maximum atomic E-state index is 12.2. The van der Waals surface area contributed by atoms with Crippen molar-refractivity contribution in [3.05, 3.63) is 88.4 Å². The lowest BCUT2D eigenvalue weighted by atomic mass is 10.1. The van der Waals surface area contributed by atoms with Gasteiger partial charge < -0.3 is 4.74 Å². The molecule has 31 heavy (non-hydrogen) atoms. The summed E-state index contributed by atoms with van der Waals surface area (Å²) in [6.45, 7) is -0.238. The van der Waals surface area contributed by atoms with Gasteiger partial charge in [0.2, 0.25) is 0 Å². The molecular formula is C22H17Cl2N3O3S. The quantitative estimate of drug-likeness (QED) is 0.378. The normalized spacial score (nSPS) is 10.1. The number of halogens is 2. The van der Waals surface area contributed by atoms with E-state index in [1.54, 1.807) is 12.1 Å².